The zero-order chi connectivity index (χ0) is 9.46. The third-order valence-corrected chi connectivity index (χ3v) is 0.641. The van der Waals surface area contributed by atoms with Crippen molar-refractivity contribution in [3.63, 3.8) is 0 Å². The van der Waals surface area contributed by atoms with E-state index in [4.69, 9.17) is 4.24 Å². The van der Waals surface area contributed by atoms with Gasteiger partial charge in [0.2, 0.25) is 0 Å². The summed E-state index contributed by atoms with van der Waals surface area (Å²) in [4.78, 5) is 21.6. The van der Waals surface area contributed by atoms with Gasteiger partial charge in [-0.3, -0.25) is 15.9 Å². The fourth-order valence-electron chi connectivity index (χ4n) is 0.378. The van der Waals surface area contributed by atoms with Crippen molar-refractivity contribution in [2.45, 2.75) is 0 Å². The molecule has 48 valence electrons. The molecule has 4 amide bonds. The molecule has 1 heterocycles. The monoisotopic (exact) mass is 133 g/mol. The van der Waals surface area contributed by atoms with Crippen LogP contribution in [0, 0.1) is 0 Å². The van der Waals surface area contributed by atoms with E-state index in [1.54, 1.807) is 0 Å². The first kappa shape index (κ1) is 2.86. The molecule has 0 atom stereocenters. The predicted molar refractivity (Wildman–Crippen MR) is 29.3 cm³/mol. The Hall–Kier alpha value is -1.52. The Balaban J connectivity index is 2.99. The van der Waals surface area contributed by atoms with Crippen molar-refractivity contribution in [2.24, 2.45) is 0 Å². The van der Waals surface area contributed by atoms with Crippen LogP contribution in [0.4, 0.5) is 9.59 Å². The molecular formula is C4H5N3O2. The van der Waals surface area contributed by atoms with E-state index in [1.165, 1.54) is 0 Å². The molecule has 3 N–H and O–H groups in total. The highest BCUT2D eigenvalue weighted by Gasteiger charge is 2.14. The van der Waals surface area contributed by atoms with Gasteiger partial charge in [0.25, 0.3) is 0 Å². The maximum Gasteiger partial charge on any atom is 0.328 e. The fourth-order valence-corrected chi connectivity index (χ4v) is 0.378. The van der Waals surface area contributed by atoms with Crippen LogP contribution in [-0.4, -0.2) is 12.1 Å². The van der Waals surface area contributed by atoms with Crippen molar-refractivity contribution in [3.8, 4) is 0 Å². The van der Waals surface area contributed by atoms with Crippen LogP contribution in [0.1, 0.15) is 0 Å². The highest BCUT2D eigenvalue weighted by atomic mass is 16.2. The van der Waals surface area contributed by atoms with E-state index >= 15 is 0 Å². The maximum atomic E-state index is 10.8. The smallest absolute Gasteiger partial charge is 0.294 e. The van der Waals surface area contributed by atoms with Gasteiger partial charge in [0.1, 0.15) is 5.82 Å². The topological polar surface area (TPSA) is 70.2 Å². The molecular weight excluding hydrogens is 122 g/mol. The molecule has 0 aliphatic carbocycles. The molecule has 0 aromatic heterocycles. The van der Waals surface area contributed by atoms with E-state index in [-0.39, 0.29) is 15.9 Å². The lowest BCUT2D eigenvalue weighted by Crippen LogP contribution is -2.53. The highest BCUT2D eigenvalue weighted by Crippen LogP contribution is 1.83. The molecule has 5 nitrogen and oxygen atoms in total. The summed E-state index contributed by atoms with van der Waals surface area (Å²) in [6.45, 7) is 3.14. The van der Waals surface area contributed by atoms with Gasteiger partial charge < -0.3 is 0 Å². The normalized spacial score (nSPS) is 26.0. The molecule has 0 saturated carbocycles. The number of carbonyl (C=O) groups is 2. The van der Waals surface area contributed by atoms with Crippen LogP contribution in [0.15, 0.2) is 12.4 Å². The molecule has 1 rings (SSSR count). The summed E-state index contributed by atoms with van der Waals surface area (Å²) < 4.78 is 20.7. The van der Waals surface area contributed by atoms with Gasteiger partial charge in [0.05, 0.1) is 0 Å². The molecule has 9 heavy (non-hydrogen) atoms. The zero-order valence-electron chi connectivity index (χ0n) is 7.37. The van der Waals surface area contributed by atoms with E-state index in [2.05, 4.69) is 6.58 Å². The zero-order valence-corrected chi connectivity index (χ0v) is 4.37. The number of hydrogen-bond donors (Lipinski definition) is 3. The largest absolute Gasteiger partial charge is 0.328 e. The third-order valence-electron chi connectivity index (χ3n) is 0.641. The molecule has 1 aliphatic heterocycles. The summed E-state index contributed by atoms with van der Waals surface area (Å²) in [5.74, 6) is -0.395. The van der Waals surface area contributed by atoms with Crippen LogP contribution in [0.5, 0.6) is 0 Å². The summed E-state index contributed by atoms with van der Waals surface area (Å²) in [7, 11) is 0. The summed E-state index contributed by atoms with van der Waals surface area (Å²) in [5, 5.41) is 0.303. The second-order valence-corrected chi connectivity index (χ2v) is 1.32. The molecule has 0 spiro atoms. The maximum absolute atomic E-state index is 10.8. The van der Waals surface area contributed by atoms with E-state index < -0.39 is 17.9 Å². The Morgan fingerprint density at radius 2 is 1.67 bits per heavy atom. The quantitative estimate of drug-likeness (QED) is 0.416. The average Bonchev–Trinajstić information content (AvgIpc) is 2.08. The van der Waals surface area contributed by atoms with E-state index in [1.807, 2.05) is 0 Å². The minimum absolute atomic E-state index is 0.0886. The Bertz CT molecular complexity index is 207. The number of urea groups is 2. The number of carbonyl (C=O) groups excluding carboxylic acids is 2. The van der Waals surface area contributed by atoms with Crippen LogP contribution in [0.2, 0.25) is 4.24 Å². The first-order valence-electron chi connectivity index (χ1n) is 3.45. The standard InChI is InChI=1S/C4H5N3O2/c1-2-5-3(8)7-4(9)6-2/h1H2,(H3,5,6,7,8,9)/i/hT3. The first-order chi connectivity index (χ1) is 5.46. The number of amides is 4. The molecule has 1 saturated heterocycles. The average molecular weight is 133 g/mol. The minimum atomic E-state index is -1.14. The van der Waals surface area contributed by atoms with Gasteiger partial charge >= 0.3 is 12.1 Å². The second kappa shape index (κ2) is 1.77. The SMILES string of the molecule is [3H]N1C(=C)N([3H])C(=O)N([3H])C1=O. The highest BCUT2D eigenvalue weighted by molar-refractivity contribution is 5.97. The van der Waals surface area contributed by atoms with Crippen LogP contribution >= 0.6 is 0 Å². The summed E-state index contributed by atoms with van der Waals surface area (Å²) >= 11 is 0. The molecule has 0 radical (unpaired) electrons. The van der Waals surface area contributed by atoms with E-state index in [0.29, 0.717) is 0 Å². The summed E-state index contributed by atoms with van der Waals surface area (Å²) in [6, 6.07) is -2.29. The van der Waals surface area contributed by atoms with Gasteiger partial charge in [-0.25, -0.2) is 9.59 Å². The van der Waals surface area contributed by atoms with Crippen molar-refractivity contribution >= 4 is 12.1 Å². The summed E-state index contributed by atoms with van der Waals surface area (Å²) in [6.07, 6.45) is 0. The van der Waals surface area contributed by atoms with Crippen molar-refractivity contribution in [1.29, 1.82) is 0 Å². The Kier molecular flexibility index (Phi) is 0.563. The van der Waals surface area contributed by atoms with Crippen molar-refractivity contribution in [2.75, 3.05) is 0 Å². The minimum Gasteiger partial charge on any atom is -0.294 e. The van der Waals surface area contributed by atoms with Crippen molar-refractivity contribution in [3.05, 3.63) is 12.4 Å². The van der Waals surface area contributed by atoms with Crippen LogP contribution in [-0.2, 0) is 0 Å². The molecule has 0 unspecified atom stereocenters. The number of nitrogens with one attached hydrogen (secondary N) is 3. The Morgan fingerprint density at radius 1 is 1.22 bits per heavy atom. The van der Waals surface area contributed by atoms with Gasteiger partial charge in [-0.05, 0) is 0 Å². The number of imide groups is 1. The fraction of sp³-hybridized carbons (Fsp3) is 0. The van der Waals surface area contributed by atoms with Crippen molar-refractivity contribution < 1.29 is 13.8 Å². The third kappa shape index (κ3) is 1.18. The molecule has 0 aromatic rings. The van der Waals surface area contributed by atoms with Gasteiger partial charge in [0, 0.05) is 0 Å². The lowest BCUT2D eigenvalue weighted by atomic mass is 10.6. The Labute approximate surface area is 55.5 Å². The molecule has 1 aliphatic rings. The predicted octanol–water partition coefficient (Wildman–Crippen LogP) is -0.520. The van der Waals surface area contributed by atoms with Gasteiger partial charge in [-0.15, -0.1) is 0 Å². The molecule has 0 aromatic carbocycles. The van der Waals surface area contributed by atoms with Gasteiger partial charge in [0.15, 0.2) is 4.24 Å². The van der Waals surface area contributed by atoms with Crippen LogP contribution in [0.25, 0.3) is 0 Å². The summed E-state index contributed by atoms with van der Waals surface area (Å²) in [5.41, 5.74) is 0. The molecule has 1 fully saturated rings. The second-order valence-electron chi connectivity index (χ2n) is 1.32. The lowest BCUT2D eigenvalue weighted by molar-refractivity contribution is 0.224. The van der Waals surface area contributed by atoms with Gasteiger partial charge in [-0.2, -0.15) is 0 Å². The molecule has 0 bridgehead atoms. The Morgan fingerprint density at radius 3 is 2.11 bits per heavy atom. The lowest BCUT2D eigenvalue weighted by Gasteiger charge is -2.15. The van der Waals surface area contributed by atoms with Crippen LogP contribution < -0.4 is 15.9 Å². The van der Waals surface area contributed by atoms with Crippen LogP contribution in [0.3, 0.4) is 0 Å². The number of hydrogen-bond acceptors (Lipinski definition) is 2. The van der Waals surface area contributed by atoms with E-state index in [0.717, 1.165) is 0 Å². The molecule has 5 heteroatoms. The van der Waals surface area contributed by atoms with Gasteiger partial charge in [-0.1, -0.05) is 6.58 Å². The number of rotatable bonds is 0. The first-order valence-corrected chi connectivity index (χ1v) is 2.10. The van der Waals surface area contributed by atoms with Crippen molar-refractivity contribution in [1.82, 2.24) is 15.9 Å². The van der Waals surface area contributed by atoms with E-state index in [9.17, 15) is 9.59 Å².